The minimum absolute atomic E-state index is 0.122. The second-order valence-electron chi connectivity index (χ2n) is 6.12. The summed E-state index contributed by atoms with van der Waals surface area (Å²) in [4.78, 5) is 0. The Morgan fingerprint density at radius 1 is 1.29 bits per heavy atom. The van der Waals surface area contributed by atoms with Crippen LogP contribution in [0.2, 0.25) is 5.82 Å². The maximum atomic E-state index is 5.85. The molecule has 0 heterocycles. The fourth-order valence-corrected chi connectivity index (χ4v) is 1.19. The topological polar surface area (TPSA) is 9.23 Å². The Hall–Kier alpha value is 0.375. The molecule has 0 spiro atoms. The maximum absolute atomic E-state index is 5.85. The highest BCUT2D eigenvalue weighted by Gasteiger charge is 2.48. The third kappa shape index (κ3) is 2.69. The van der Waals surface area contributed by atoms with Crippen molar-refractivity contribution in [2.24, 2.45) is 5.41 Å². The molecule has 0 aromatic heterocycles. The molecule has 1 fully saturated rings. The van der Waals surface area contributed by atoms with Gasteiger partial charge in [0, 0.05) is 4.75 Å². The highest BCUT2D eigenvalue weighted by molar-refractivity contribution is 7.81. The third-order valence-corrected chi connectivity index (χ3v) is 4.13. The van der Waals surface area contributed by atoms with Crippen LogP contribution < -0.4 is 0 Å². The molecule has 14 heavy (non-hydrogen) atoms. The highest BCUT2D eigenvalue weighted by atomic mass is 32.1. The first-order valence-electron chi connectivity index (χ1n) is 5.30. The summed E-state index contributed by atoms with van der Waals surface area (Å²) >= 11 is 4.56. The molecular weight excluding hydrogens is 191 g/mol. The van der Waals surface area contributed by atoms with Crippen molar-refractivity contribution in [3.8, 4) is 0 Å². The molecule has 1 radical (unpaired) electrons. The van der Waals surface area contributed by atoms with Crippen molar-refractivity contribution >= 4 is 20.1 Å². The van der Waals surface area contributed by atoms with Crippen LogP contribution in [-0.4, -0.2) is 17.8 Å². The molecule has 3 heteroatoms. The Kier molecular flexibility index (Phi) is 3.06. The molecule has 1 rings (SSSR count). The zero-order valence-electron chi connectivity index (χ0n) is 10.2. The van der Waals surface area contributed by atoms with Crippen LogP contribution in [0.25, 0.3) is 0 Å². The zero-order chi connectivity index (χ0) is 11.2. The largest absolute Gasteiger partial charge is 0.434 e. The molecular formula is C11H22BOS. The SMILES string of the molecule is CC1(C)CC1[B]OC(C)(C)C(C)(C)S. The van der Waals surface area contributed by atoms with Gasteiger partial charge in [-0.2, -0.15) is 12.6 Å². The third-order valence-electron chi connectivity index (χ3n) is 3.59. The molecule has 0 saturated heterocycles. The minimum Gasteiger partial charge on any atom is -0.434 e. The Morgan fingerprint density at radius 3 is 2.00 bits per heavy atom. The van der Waals surface area contributed by atoms with Crippen LogP contribution in [0.15, 0.2) is 0 Å². The molecule has 81 valence electrons. The fraction of sp³-hybridized carbons (Fsp3) is 1.00. The van der Waals surface area contributed by atoms with Crippen molar-refractivity contribution in [3.05, 3.63) is 0 Å². The van der Waals surface area contributed by atoms with Gasteiger partial charge < -0.3 is 4.65 Å². The van der Waals surface area contributed by atoms with Crippen molar-refractivity contribution in [3.63, 3.8) is 0 Å². The smallest absolute Gasteiger partial charge is 0.297 e. The van der Waals surface area contributed by atoms with E-state index in [1.54, 1.807) is 0 Å². The Labute approximate surface area is 94.7 Å². The fourth-order valence-electron chi connectivity index (χ4n) is 1.14. The normalized spacial score (nSPS) is 26.1. The van der Waals surface area contributed by atoms with Gasteiger partial charge in [-0.15, -0.1) is 0 Å². The number of hydrogen-bond acceptors (Lipinski definition) is 2. The lowest BCUT2D eigenvalue weighted by Gasteiger charge is -2.38. The van der Waals surface area contributed by atoms with Crippen LogP contribution in [-0.2, 0) is 4.65 Å². The van der Waals surface area contributed by atoms with E-state index in [4.69, 9.17) is 4.65 Å². The quantitative estimate of drug-likeness (QED) is 0.556. The summed E-state index contributed by atoms with van der Waals surface area (Å²) in [5.41, 5.74) is 0.242. The van der Waals surface area contributed by atoms with Gasteiger partial charge >= 0.3 is 0 Å². The van der Waals surface area contributed by atoms with Gasteiger partial charge in [0.1, 0.15) is 0 Å². The van der Waals surface area contributed by atoms with E-state index < -0.39 is 0 Å². The summed E-state index contributed by atoms with van der Waals surface area (Å²) in [6.45, 7) is 12.9. The molecule has 1 unspecified atom stereocenters. The molecule has 1 atom stereocenters. The van der Waals surface area contributed by atoms with E-state index in [0.717, 1.165) is 0 Å². The second kappa shape index (κ2) is 3.45. The first-order valence-corrected chi connectivity index (χ1v) is 5.74. The second-order valence-corrected chi connectivity index (χ2v) is 7.24. The molecule has 0 aromatic carbocycles. The molecule has 1 aliphatic rings. The predicted octanol–water partition coefficient (Wildman–Crippen LogP) is 3.33. The van der Waals surface area contributed by atoms with Crippen LogP contribution in [0.1, 0.15) is 48.0 Å². The van der Waals surface area contributed by atoms with Crippen LogP contribution in [0.4, 0.5) is 0 Å². The van der Waals surface area contributed by atoms with Crippen LogP contribution in [0.5, 0.6) is 0 Å². The van der Waals surface area contributed by atoms with Gasteiger partial charge in [0.15, 0.2) is 0 Å². The van der Waals surface area contributed by atoms with Gasteiger partial charge in [0.2, 0.25) is 0 Å². The summed E-state index contributed by atoms with van der Waals surface area (Å²) in [7, 11) is 2.01. The average molecular weight is 213 g/mol. The lowest BCUT2D eigenvalue weighted by Crippen LogP contribution is -2.44. The Bertz CT molecular complexity index is 218. The molecule has 0 N–H and O–H groups in total. The molecule has 1 aliphatic carbocycles. The van der Waals surface area contributed by atoms with E-state index in [9.17, 15) is 0 Å². The van der Waals surface area contributed by atoms with Crippen LogP contribution in [0.3, 0.4) is 0 Å². The first kappa shape index (κ1) is 12.4. The summed E-state index contributed by atoms with van der Waals surface area (Å²) in [6, 6.07) is 0. The van der Waals surface area contributed by atoms with E-state index >= 15 is 0 Å². The number of hydrogen-bond donors (Lipinski definition) is 1. The molecule has 0 bridgehead atoms. The van der Waals surface area contributed by atoms with Gasteiger partial charge in [-0.05, 0) is 45.3 Å². The van der Waals surface area contributed by atoms with Crippen molar-refractivity contribution < 1.29 is 4.65 Å². The first-order chi connectivity index (χ1) is 6.06. The van der Waals surface area contributed by atoms with Crippen molar-refractivity contribution in [1.29, 1.82) is 0 Å². The average Bonchev–Trinajstić information content (AvgIpc) is 2.53. The van der Waals surface area contributed by atoms with Crippen LogP contribution >= 0.6 is 12.6 Å². The van der Waals surface area contributed by atoms with E-state index in [1.165, 1.54) is 6.42 Å². The van der Waals surface area contributed by atoms with E-state index in [2.05, 4.69) is 54.2 Å². The van der Waals surface area contributed by atoms with Crippen molar-refractivity contribution in [2.75, 3.05) is 0 Å². The van der Waals surface area contributed by atoms with Gasteiger partial charge in [0.25, 0.3) is 7.48 Å². The van der Waals surface area contributed by atoms with Crippen LogP contribution in [0, 0.1) is 5.41 Å². The lowest BCUT2D eigenvalue weighted by atomic mass is 9.83. The van der Waals surface area contributed by atoms with E-state index in [0.29, 0.717) is 11.2 Å². The molecule has 1 saturated carbocycles. The standard InChI is InChI=1S/C11H22BOS/c1-9(2)7-8(9)12-13-10(3,4)11(5,6)14/h8,14H,7H2,1-6H3. The zero-order valence-corrected chi connectivity index (χ0v) is 11.1. The van der Waals surface area contributed by atoms with Gasteiger partial charge in [-0.25, -0.2) is 0 Å². The summed E-state index contributed by atoms with van der Waals surface area (Å²) in [5.74, 6) is 0.623. The molecule has 0 aliphatic heterocycles. The van der Waals surface area contributed by atoms with Gasteiger partial charge in [0.05, 0.1) is 5.60 Å². The van der Waals surface area contributed by atoms with Crippen molar-refractivity contribution in [2.45, 2.75) is 64.1 Å². The molecule has 0 aromatic rings. The Balaban J connectivity index is 2.38. The number of thiol groups is 1. The van der Waals surface area contributed by atoms with E-state index in [1.807, 2.05) is 7.48 Å². The molecule has 0 amide bonds. The predicted molar refractivity (Wildman–Crippen MR) is 66.1 cm³/mol. The maximum Gasteiger partial charge on any atom is 0.297 e. The highest BCUT2D eigenvalue weighted by Crippen LogP contribution is 2.57. The van der Waals surface area contributed by atoms with Crippen molar-refractivity contribution in [1.82, 2.24) is 0 Å². The summed E-state index contributed by atoms with van der Waals surface area (Å²) < 4.78 is 5.73. The van der Waals surface area contributed by atoms with E-state index in [-0.39, 0.29) is 10.3 Å². The van der Waals surface area contributed by atoms with Gasteiger partial charge in [-0.1, -0.05) is 13.8 Å². The lowest BCUT2D eigenvalue weighted by molar-refractivity contribution is 0.0815. The minimum atomic E-state index is -0.214. The number of rotatable bonds is 4. The monoisotopic (exact) mass is 213 g/mol. The molecule has 1 nitrogen and oxygen atoms in total. The summed E-state index contributed by atoms with van der Waals surface area (Å²) in [5, 5.41) is 0. The Morgan fingerprint density at radius 2 is 1.71 bits per heavy atom. The summed E-state index contributed by atoms with van der Waals surface area (Å²) in [6.07, 6.45) is 1.25. The van der Waals surface area contributed by atoms with Gasteiger partial charge in [-0.3, -0.25) is 0 Å².